The normalized spacial score (nSPS) is 25.5. The minimum Gasteiger partial charge on any atom is -0.377 e. The number of benzene rings is 1. The maximum atomic E-state index is 13.4. The Morgan fingerprint density at radius 1 is 1.07 bits per heavy atom. The van der Waals surface area contributed by atoms with Gasteiger partial charge in [0.1, 0.15) is 6.61 Å². The van der Waals surface area contributed by atoms with Crippen molar-refractivity contribution in [2.45, 2.75) is 76.8 Å². The van der Waals surface area contributed by atoms with Crippen LogP contribution in [-0.2, 0) is 14.3 Å². The second-order valence-electron chi connectivity index (χ2n) is 10.2. The first-order chi connectivity index (χ1) is 14.4. The van der Waals surface area contributed by atoms with E-state index in [1.165, 1.54) is 32.8 Å². The van der Waals surface area contributed by atoms with E-state index in [-0.39, 0.29) is 36.7 Å². The number of piperidine rings is 1. The zero-order valence-electron chi connectivity index (χ0n) is 18.7. The number of fused-ring (bicyclic) bond motifs is 1. The van der Waals surface area contributed by atoms with E-state index >= 15 is 0 Å². The molecule has 5 heteroatoms. The average Bonchev–Trinajstić information content (AvgIpc) is 3.00. The fourth-order valence-electron chi connectivity index (χ4n) is 5.70. The Morgan fingerprint density at radius 3 is 2.40 bits per heavy atom. The monoisotopic (exact) mass is 412 g/mol. The highest BCUT2D eigenvalue weighted by atomic mass is 16.5. The van der Waals surface area contributed by atoms with Crippen molar-refractivity contribution < 1.29 is 14.3 Å². The van der Waals surface area contributed by atoms with Crippen LogP contribution in [-0.4, -0.2) is 55.5 Å². The highest BCUT2D eigenvalue weighted by Crippen LogP contribution is 2.43. The molecule has 3 aliphatic rings. The lowest BCUT2D eigenvalue weighted by Crippen LogP contribution is -2.50. The van der Waals surface area contributed by atoms with Crippen LogP contribution in [0.2, 0.25) is 0 Å². The zero-order chi connectivity index (χ0) is 21.3. The van der Waals surface area contributed by atoms with E-state index in [1.807, 2.05) is 29.2 Å². The van der Waals surface area contributed by atoms with Crippen molar-refractivity contribution in [3.05, 3.63) is 29.8 Å². The highest BCUT2D eigenvalue weighted by Gasteiger charge is 2.42. The Balaban J connectivity index is 1.42. The largest absolute Gasteiger partial charge is 0.377 e. The van der Waals surface area contributed by atoms with Crippen LogP contribution in [0.25, 0.3) is 0 Å². The van der Waals surface area contributed by atoms with E-state index < -0.39 is 0 Å². The first-order valence-corrected chi connectivity index (χ1v) is 11.6. The number of ether oxygens (including phenoxy) is 1. The molecular formula is C25H36N2O3. The maximum absolute atomic E-state index is 13.4. The number of para-hydroxylation sites is 1. The third-order valence-corrected chi connectivity index (χ3v) is 7.53. The van der Waals surface area contributed by atoms with Gasteiger partial charge in [0.25, 0.3) is 0 Å². The summed E-state index contributed by atoms with van der Waals surface area (Å²) in [6, 6.07) is 8.96. The predicted molar refractivity (Wildman–Crippen MR) is 119 cm³/mol. The summed E-state index contributed by atoms with van der Waals surface area (Å²) < 4.78 is 4.98. The minimum absolute atomic E-state index is 0.0115. The molecule has 1 aromatic rings. The van der Waals surface area contributed by atoms with E-state index in [2.05, 4.69) is 18.7 Å². The SMILES string of the molecule is COCC(=O)CC1C(=O)N(C2CCN(C3CCC(C)(C)CC3)CC2)c2ccccc21. The molecule has 4 rings (SSSR count). The summed E-state index contributed by atoms with van der Waals surface area (Å²) in [6.45, 7) is 6.98. The number of Topliss-reactive ketones (excluding diaryl/α,β-unsaturated/α-hetero) is 1. The fraction of sp³-hybridized carbons (Fsp3) is 0.680. The van der Waals surface area contributed by atoms with Gasteiger partial charge >= 0.3 is 0 Å². The van der Waals surface area contributed by atoms with Crippen molar-refractivity contribution in [3.63, 3.8) is 0 Å². The third-order valence-electron chi connectivity index (χ3n) is 7.53. The first-order valence-electron chi connectivity index (χ1n) is 11.6. The number of anilines is 1. The van der Waals surface area contributed by atoms with Gasteiger partial charge in [-0.05, 0) is 55.6 Å². The average molecular weight is 413 g/mol. The Kier molecular flexibility index (Phi) is 6.31. The summed E-state index contributed by atoms with van der Waals surface area (Å²) in [5, 5.41) is 0. The van der Waals surface area contributed by atoms with E-state index in [0.29, 0.717) is 11.5 Å². The lowest BCUT2D eigenvalue weighted by molar-refractivity contribution is -0.127. The molecule has 164 valence electrons. The Morgan fingerprint density at radius 2 is 1.73 bits per heavy atom. The Bertz CT molecular complexity index is 772. The smallest absolute Gasteiger partial charge is 0.235 e. The Hall–Kier alpha value is -1.72. The molecule has 1 aromatic carbocycles. The molecule has 0 bridgehead atoms. The molecule has 30 heavy (non-hydrogen) atoms. The van der Waals surface area contributed by atoms with Crippen LogP contribution in [0.1, 0.15) is 70.3 Å². The number of hydrogen-bond donors (Lipinski definition) is 0. The first kappa shape index (κ1) is 21.5. The van der Waals surface area contributed by atoms with Gasteiger partial charge in [0.2, 0.25) is 5.91 Å². The maximum Gasteiger partial charge on any atom is 0.235 e. The molecule has 1 saturated heterocycles. The highest BCUT2D eigenvalue weighted by molar-refractivity contribution is 6.07. The number of carbonyl (C=O) groups is 2. The topological polar surface area (TPSA) is 49.9 Å². The number of ketones is 1. The predicted octanol–water partition coefficient (Wildman–Crippen LogP) is 4.16. The van der Waals surface area contributed by atoms with Crippen LogP contribution in [0.15, 0.2) is 24.3 Å². The molecule has 1 amide bonds. The molecule has 0 aromatic heterocycles. The van der Waals surface area contributed by atoms with Gasteiger partial charge in [-0.2, -0.15) is 0 Å². The number of hydrogen-bond acceptors (Lipinski definition) is 4. The van der Waals surface area contributed by atoms with Crippen LogP contribution in [0, 0.1) is 5.41 Å². The summed E-state index contributed by atoms with van der Waals surface area (Å²) in [4.78, 5) is 30.3. The number of carbonyl (C=O) groups excluding carboxylic acids is 2. The molecule has 0 radical (unpaired) electrons. The van der Waals surface area contributed by atoms with E-state index in [4.69, 9.17) is 4.74 Å². The van der Waals surface area contributed by atoms with Gasteiger partial charge in [0, 0.05) is 44.4 Å². The molecule has 0 spiro atoms. The van der Waals surface area contributed by atoms with E-state index in [0.717, 1.165) is 37.2 Å². The lowest BCUT2D eigenvalue weighted by atomic mass is 9.75. The lowest BCUT2D eigenvalue weighted by Gasteiger charge is -2.44. The number of amides is 1. The van der Waals surface area contributed by atoms with Crippen LogP contribution >= 0.6 is 0 Å². The number of likely N-dealkylation sites (tertiary alicyclic amines) is 1. The minimum atomic E-state index is -0.359. The molecule has 2 heterocycles. The van der Waals surface area contributed by atoms with Gasteiger partial charge in [-0.3, -0.25) is 9.59 Å². The molecule has 1 atom stereocenters. The van der Waals surface area contributed by atoms with Crippen molar-refractivity contribution >= 4 is 17.4 Å². The summed E-state index contributed by atoms with van der Waals surface area (Å²) in [7, 11) is 1.52. The number of rotatable bonds is 6. The van der Waals surface area contributed by atoms with E-state index in [9.17, 15) is 9.59 Å². The van der Waals surface area contributed by atoms with Gasteiger partial charge in [-0.25, -0.2) is 0 Å². The molecule has 0 N–H and O–H groups in total. The summed E-state index contributed by atoms with van der Waals surface area (Å²) >= 11 is 0. The van der Waals surface area contributed by atoms with Gasteiger partial charge in [-0.1, -0.05) is 32.0 Å². The zero-order valence-corrected chi connectivity index (χ0v) is 18.7. The Labute approximate surface area is 180 Å². The van der Waals surface area contributed by atoms with Crippen molar-refractivity contribution in [3.8, 4) is 0 Å². The van der Waals surface area contributed by atoms with Crippen LogP contribution in [0.4, 0.5) is 5.69 Å². The summed E-state index contributed by atoms with van der Waals surface area (Å²) in [5.74, 6) is -0.275. The third kappa shape index (κ3) is 4.33. The second kappa shape index (κ2) is 8.80. The van der Waals surface area contributed by atoms with Gasteiger partial charge in [0.05, 0.1) is 5.92 Å². The standard InChI is InChI=1S/C25H36N2O3/c1-25(2)12-8-18(9-13-25)26-14-10-19(11-15-26)27-23-7-5-4-6-21(23)22(24(27)29)16-20(28)17-30-3/h4-7,18-19,22H,8-17H2,1-3H3. The van der Waals surface area contributed by atoms with Crippen molar-refractivity contribution in [2.24, 2.45) is 5.41 Å². The fourth-order valence-corrected chi connectivity index (χ4v) is 5.70. The van der Waals surface area contributed by atoms with Crippen molar-refractivity contribution in [2.75, 3.05) is 31.7 Å². The second-order valence-corrected chi connectivity index (χ2v) is 10.2. The summed E-state index contributed by atoms with van der Waals surface area (Å²) in [5.41, 5.74) is 2.51. The molecule has 1 saturated carbocycles. The number of methoxy groups -OCH3 is 1. The number of nitrogens with zero attached hydrogens (tertiary/aromatic N) is 2. The molecule has 1 aliphatic carbocycles. The quantitative estimate of drug-likeness (QED) is 0.704. The van der Waals surface area contributed by atoms with Crippen LogP contribution in [0.3, 0.4) is 0 Å². The van der Waals surface area contributed by atoms with Crippen LogP contribution < -0.4 is 4.90 Å². The van der Waals surface area contributed by atoms with Crippen LogP contribution in [0.5, 0.6) is 0 Å². The molecular weight excluding hydrogens is 376 g/mol. The molecule has 5 nitrogen and oxygen atoms in total. The van der Waals surface area contributed by atoms with E-state index in [1.54, 1.807) is 0 Å². The van der Waals surface area contributed by atoms with Gasteiger partial charge < -0.3 is 14.5 Å². The molecule has 2 aliphatic heterocycles. The molecule has 1 unspecified atom stereocenters. The van der Waals surface area contributed by atoms with Gasteiger partial charge in [-0.15, -0.1) is 0 Å². The van der Waals surface area contributed by atoms with Crippen molar-refractivity contribution in [1.82, 2.24) is 4.90 Å². The van der Waals surface area contributed by atoms with Gasteiger partial charge in [0.15, 0.2) is 5.78 Å². The summed E-state index contributed by atoms with van der Waals surface area (Å²) in [6.07, 6.45) is 7.48. The van der Waals surface area contributed by atoms with Crippen molar-refractivity contribution in [1.29, 1.82) is 0 Å². The molecule has 2 fully saturated rings.